The number of hydrogen-bond acceptors (Lipinski definition) is 1. The van der Waals surface area contributed by atoms with Crippen LogP contribution >= 0.6 is 0 Å². The Morgan fingerprint density at radius 2 is 1.88 bits per heavy atom. The Balaban J connectivity index is 1.96. The van der Waals surface area contributed by atoms with E-state index in [0.29, 0.717) is 18.8 Å². The zero-order valence-electron chi connectivity index (χ0n) is 8.80. The molecule has 0 aliphatic heterocycles. The molecule has 2 unspecified atom stereocenters. The van der Waals surface area contributed by atoms with E-state index < -0.39 is 11.6 Å². The molecule has 16 heavy (non-hydrogen) atoms. The number of hydrogen-bond donors (Lipinski definition) is 0. The van der Waals surface area contributed by atoms with Crippen molar-refractivity contribution in [2.75, 3.05) is 0 Å². The molecular weight excluding hydrogens is 210 g/mol. The number of carbonyl (C=O) groups is 1. The third-order valence-electron chi connectivity index (χ3n) is 3.99. The summed E-state index contributed by atoms with van der Waals surface area (Å²) in [5, 5.41) is 0. The number of halogens is 2. The second-order valence-corrected chi connectivity index (χ2v) is 4.96. The molecule has 0 heterocycles. The van der Waals surface area contributed by atoms with Crippen molar-refractivity contribution >= 4 is 5.78 Å². The highest BCUT2D eigenvalue weighted by molar-refractivity contribution is 5.81. The van der Waals surface area contributed by atoms with Crippen LogP contribution in [0.25, 0.3) is 0 Å². The normalized spacial score (nSPS) is 32.4. The molecule has 2 aliphatic carbocycles. The number of rotatable bonds is 1. The van der Waals surface area contributed by atoms with Crippen molar-refractivity contribution in [1.29, 1.82) is 0 Å². The Morgan fingerprint density at radius 3 is 2.50 bits per heavy atom. The Kier molecular flexibility index (Phi) is 1.94. The van der Waals surface area contributed by atoms with Crippen LogP contribution in [0.3, 0.4) is 0 Å². The lowest BCUT2D eigenvalue weighted by Crippen LogP contribution is -2.20. The highest BCUT2D eigenvalue weighted by Gasteiger charge is 2.57. The Morgan fingerprint density at radius 1 is 1.19 bits per heavy atom. The van der Waals surface area contributed by atoms with Gasteiger partial charge in [-0.2, -0.15) is 0 Å². The fourth-order valence-electron chi connectivity index (χ4n) is 3.03. The smallest absolute Gasteiger partial charge is 0.133 e. The third-order valence-corrected chi connectivity index (χ3v) is 3.99. The first-order valence-corrected chi connectivity index (χ1v) is 5.58. The molecule has 0 aromatic heterocycles. The van der Waals surface area contributed by atoms with E-state index in [1.807, 2.05) is 0 Å². The minimum atomic E-state index is -0.521. The van der Waals surface area contributed by atoms with Gasteiger partial charge in [0.1, 0.15) is 17.4 Å². The van der Waals surface area contributed by atoms with Crippen LogP contribution in [0.5, 0.6) is 0 Å². The zero-order valence-corrected chi connectivity index (χ0v) is 8.80. The van der Waals surface area contributed by atoms with Gasteiger partial charge in [-0.25, -0.2) is 8.78 Å². The summed E-state index contributed by atoms with van der Waals surface area (Å²) in [6.45, 7) is 0. The molecular formula is C13H12F2O. The van der Waals surface area contributed by atoms with Gasteiger partial charge in [-0.05, 0) is 41.9 Å². The summed E-state index contributed by atoms with van der Waals surface area (Å²) < 4.78 is 26.3. The van der Waals surface area contributed by atoms with E-state index in [1.165, 1.54) is 12.1 Å². The second-order valence-electron chi connectivity index (χ2n) is 4.96. The van der Waals surface area contributed by atoms with Crippen molar-refractivity contribution in [2.24, 2.45) is 5.92 Å². The van der Waals surface area contributed by atoms with E-state index in [0.717, 1.165) is 24.5 Å². The van der Waals surface area contributed by atoms with Gasteiger partial charge in [-0.3, -0.25) is 4.79 Å². The lowest BCUT2D eigenvalue weighted by atomic mass is 9.82. The quantitative estimate of drug-likeness (QED) is 0.714. The molecule has 0 bridgehead atoms. The minimum Gasteiger partial charge on any atom is -0.300 e. The Bertz CT molecular complexity index is 449. The summed E-state index contributed by atoms with van der Waals surface area (Å²) in [5.74, 6) is -0.441. The lowest BCUT2D eigenvalue weighted by Gasteiger charge is -2.21. The molecule has 1 aromatic rings. The lowest BCUT2D eigenvalue weighted by molar-refractivity contribution is -0.120. The number of ketones is 1. The highest BCUT2D eigenvalue weighted by Crippen LogP contribution is 2.61. The van der Waals surface area contributed by atoms with Gasteiger partial charge >= 0.3 is 0 Å². The molecule has 2 saturated carbocycles. The summed E-state index contributed by atoms with van der Waals surface area (Å²) >= 11 is 0. The van der Waals surface area contributed by atoms with Gasteiger partial charge in [0, 0.05) is 18.9 Å². The van der Waals surface area contributed by atoms with E-state index >= 15 is 0 Å². The van der Waals surface area contributed by atoms with Crippen molar-refractivity contribution in [2.45, 2.75) is 31.1 Å². The van der Waals surface area contributed by atoms with E-state index in [1.54, 1.807) is 0 Å². The molecule has 0 spiro atoms. The summed E-state index contributed by atoms with van der Waals surface area (Å²) in [6, 6.07) is 3.73. The van der Waals surface area contributed by atoms with Crippen LogP contribution in [-0.4, -0.2) is 5.78 Å². The maximum atomic E-state index is 13.1. The van der Waals surface area contributed by atoms with Crippen molar-refractivity contribution in [3.05, 3.63) is 35.4 Å². The van der Waals surface area contributed by atoms with Gasteiger partial charge in [-0.15, -0.1) is 0 Å². The molecule has 0 amide bonds. The Hall–Kier alpha value is -1.25. The number of benzene rings is 1. The SMILES string of the molecule is O=C1CCC2(c3cc(F)cc(F)c3)CC2C1. The molecule has 0 radical (unpaired) electrons. The monoisotopic (exact) mass is 222 g/mol. The minimum absolute atomic E-state index is 0.100. The predicted molar refractivity (Wildman–Crippen MR) is 55.0 cm³/mol. The largest absolute Gasteiger partial charge is 0.300 e. The summed E-state index contributed by atoms with van der Waals surface area (Å²) in [6.07, 6.45) is 2.79. The molecule has 1 nitrogen and oxygen atoms in total. The average Bonchev–Trinajstić information content (AvgIpc) is 2.91. The van der Waals surface area contributed by atoms with Crippen LogP contribution in [0.1, 0.15) is 31.2 Å². The molecule has 3 heteroatoms. The number of fused-ring (bicyclic) bond motifs is 1. The van der Waals surface area contributed by atoms with Crippen LogP contribution < -0.4 is 0 Å². The van der Waals surface area contributed by atoms with Gasteiger partial charge in [0.2, 0.25) is 0 Å². The van der Waals surface area contributed by atoms with Crippen molar-refractivity contribution < 1.29 is 13.6 Å². The van der Waals surface area contributed by atoms with E-state index in [4.69, 9.17) is 0 Å². The Labute approximate surface area is 92.5 Å². The van der Waals surface area contributed by atoms with E-state index in [-0.39, 0.29) is 11.2 Å². The molecule has 3 rings (SSSR count). The average molecular weight is 222 g/mol. The van der Waals surface area contributed by atoms with Gasteiger partial charge in [0.15, 0.2) is 0 Å². The predicted octanol–water partition coefficient (Wildman–Crippen LogP) is 2.98. The molecule has 0 saturated heterocycles. The fourth-order valence-corrected chi connectivity index (χ4v) is 3.03. The van der Waals surface area contributed by atoms with Crippen LogP contribution in [0.2, 0.25) is 0 Å². The topological polar surface area (TPSA) is 17.1 Å². The number of carbonyl (C=O) groups excluding carboxylic acids is 1. The van der Waals surface area contributed by atoms with Gasteiger partial charge in [0.25, 0.3) is 0 Å². The highest BCUT2D eigenvalue weighted by atomic mass is 19.1. The molecule has 2 atom stereocenters. The van der Waals surface area contributed by atoms with Crippen LogP contribution in [0.4, 0.5) is 8.78 Å². The van der Waals surface area contributed by atoms with Crippen LogP contribution in [0, 0.1) is 17.6 Å². The fraction of sp³-hybridized carbons (Fsp3) is 0.462. The maximum absolute atomic E-state index is 13.1. The maximum Gasteiger partial charge on any atom is 0.133 e. The molecule has 2 aliphatic rings. The zero-order chi connectivity index (χ0) is 11.3. The molecule has 2 fully saturated rings. The molecule has 84 valence electrons. The van der Waals surface area contributed by atoms with Crippen LogP contribution in [0.15, 0.2) is 18.2 Å². The number of Topliss-reactive ketones (excluding diaryl/α,β-unsaturated/α-hetero) is 1. The molecule has 0 N–H and O–H groups in total. The third kappa shape index (κ3) is 1.38. The van der Waals surface area contributed by atoms with Gasteiger partial charge < -0.3 is 0 Å². The van der Waals surface area contributed by atoms with Gasteiger partial charge in [-0.1, -0.05) is 0 Å². The second kappa shape index (κ2) is 3.12. The van der Waals surface area contributed by atoms with Crippen molar-refractivity contribution in [1.82, 2.24) is 0 Å². The van der Waals surface area contributed by atoms with E-state index in [2.05, 4.69) is 0 Å². The van der Waals surface area contributed by atoms with E-state index in [9.17, 15) is 13.6 Å². The van der Waals surface area contributed by atoms with Crippen LogP contribution in [-0.2, 0) is 10.2 Å². The first-order valence-electron chi connectivity index (χ1n) is 5.58. The van der Waals surface area contributed by atoms with Crippen molar-refractivity contribution in [3.63, 3.8) is 0 Å². The summed E-state index contributed by atoms with van der Waals surface area (Å²) in [5.41, 5.74) is 0.638. The first-order chi connectivity index (χ1) is 7.60. The molecule has 1 aromatic carbocycles. The summed E-state index contributed by atoms with van der Waals surface area (Å²) in [4.78, 5) is 11.3. The first kappa shape index (κ1) is 9.94. The van der Waals surface area contributed by atoms with Crippen molar-refractivity contribution in [3.8, 4) is 0 Å². The van der Waals surface area contributed by atoms with Gasteiger partial charge in [0.05, 0.1) is 0 Å². The summed E-state index contributed by atoms with van der Waals surface area (Å²) in [7, 11) is 0. The standard InChI is InChI=1S/C13H12F2O/c14-10-3-8(4-11(15)6-10)13-2-1-12(16)5-9(13)7-13/h3-4,6,9H,1-2,5,7H2.